The second-order valence-corrected chi connectivity index (χ2v) is 9.45. The van der Waals surface area contributed by atoms with Crippen LogP contribution in [0.5, 0.6) is 11.5 Å². The van der Waals surface area contributed by atoms with Gasteiger partial charge in [0.2, 0.25) is 9.84 Å². The van der Waals surface area contributed by atoms with Gasteiger partial charge in [-0.05, 0) is 73.7 Å². The van der Waals surface area contributed by atoms with Gasteiger partial charge in [-0.3, -0.25) is 9.78 Å². The fourth-order valence-corrected chi connectivity index (χ4v) is 5.28. The lowest BCUT2D eigenvalue weighted by Gasteiger charge is -2.14. The molecule has 0 fully saturated rings. The van der Waals surface area contributed by atoms with E-state index in [1.807, 2.05) is 6.92 Å². The number of halogens is 1. The molecule has 0 saturated heterocycles. The summed E-state index contributed by atoms with van der Waals surface area (Å²) in [4.78, 5) is 17.7. The summed E-state index contributed by atoms with van der Waals surface area (Å²) in [6, 6.07) is 17.3. The largest absolute Gasteiger partial charge is 0.497 e. The number of ether oxygens (including phenoxy) is 2. The van der Waals surface area contributed by atoms with Gasteiger partial charge in [0.15, 0.2) is 5.78 Å². The van der Waals surface area contributed by atoms with Gasteiger partial charge < -0.3 is 9.47 Å². The summed E-state index contributed by atoms with van der Waals surface area (Å²) in [7, 11) is -2.61. The number of fused-ring (bicyclic) bond motifs is 1. The quantitative estimate of drug-likeness (QED) is 0.330. The number of aromatic nitrogens is 1. The molecule has 0 saturated carbocycles. The molecule has 0 spiro atoms. The van der Waals surface area contributed by atoms with Gasteiger partial charge in [-0.1, -0.05) is 11.6 Å². The molecule has 1 aromatic heterocycles. The predicted octanol–water partition coefficient (Wildman–Crippen LogP) is 5.36. The zero-order valence-electron chi connectivity index (χ0n) is 17.9. The molecule has 8 heteroatoms. The first kappa shape index (κ1) is 22.8. The van der Waals surface area contributed by atoms with Crippen LogP contribution in [0.4, 0.5) is 0 Å². The zero-order chi connectivity index (χ0) is 23.6. The van der Waals surface area contributed by atoms with E-state index in [2.05, 4.69) is 4.98 Å². The molecule has 1 heterocycles. The minimum Gasteiger partial charge on any atom is -0.497 e. The summed E-state index contributed by atoms with van der Waals surface area (Å²) in [5.74, 6) is 0.658. The average molecular weight is 482 g/mol. The van der Waals surface area contributed by atoms with E-state index in [1.165, 1.54) is 31.5 Å². The van der Waals surface area contributed by atoms with Crippen LogP contribution in [0.15, 0.2) is 82.7 Å². The number of sulfone groups is 1. The van der Waals surface area contributed by atoms with E-state index >= 15 is 0 Å². The van der Waals surface area contributed by atoms with Crippen molar-refractivity contribution in [3.63, 3.8) is 0 Å². The van der Waals surface area contributed by atoms with E-state index < -0.39 is 15.6 Å². The Morgan fingerprint density at radius 1 is 0.970 bits per heavy atom. The van der Waals surface area contributed by atoms with Crippen LogP contribution in [0.1, 0.15) is 22.8 Å². The number of ketones is 1. The maximum atomic E-state index is 13.8. The topological polar surface area (TPSA) is 82.6 Å². The fourth-order valence-electron chi connectivity index (χ4n) is 3.49. The van der Waals surface area contributed by atoms with Crippen molar-refractivity contribution < 1.29 is 22.7 Å². The van der Waals surface area contributed by atoms with Crippen LogP contribution in [-0.2, 0) is 9.84 Å². The molecular formula is C25H20ClNO5S. The molecule has 0 radical (unpaired) electrons. The second kappa shape index (κ2) is 9.21. The van der Waals surface area contributed by atoms with Crippen molar-refractivity contribution in [2.75, 3.05) is 13.7 Å². The Labute approximate surface area is 196 Å². The standard InChI is InChI=1S/C25H20ClNO5S/c1-3-32-19-7-4-16(5-8-19)24(28)22-15-27-23-13-6-17(26)14-21(23)25(22)33(29,30)20-11-9-18(31-2)10-12-20/h4-15H,3H2,1-2H3. The Hall–Kier alpha value is -3.42. The van der Waals surface area contributed by atoms with E-state index in [0.717, 1.165) is 0 Å². The summed E-state index contributed by atoms with van der Waals surface area (Å²) >= 11 is 6.18. The second-order valence-electron chi connectivity index (χ2n) is 7.13. The van der Waals surface area contributed by atoms with Crippen LogP contribution >= 0.6 is 11.6 Å². The highest BCUT2D eigenvalue weighted by molar-refractivity contribution is 7.91. The zero-order valence-corrected chi connectivity index (χ0v) is 19.5. The third-order valence-electron chi connectivity index (χ3n) is 5.09. The highest BCUT2D eigenvalue weighted by Gasteiger charge is 2.28. The summed E-state index contributed by atoms with van der Waals surface area (Å²) in [6.07, 6.45) is 1.30. The molecule has 168 valence electrons. The monoisotopic (exact) mass is 481 g/mol. The number of carbonyl (C=O) groups is 1. The smallest absolute Gasteiger partial charge is 0.208 e. The van der Waals surface area contributed by atoms with Gasteiger partial charge in [0.25, 0.3) is 0 Å². The number of hydrogen-bond donors (Lipinski definition) is 0. The minimum absolute atomic E-state index is 0.0246. The first-order valence-corrected chi connectivity index (χ1v) is 12.0. The lowest BCUT2D eigenvalue weighted by molar-refractivity contribution is 0.103. The molecule has 0 aliphatic rings. The number of pyridine rings is 1. The summed E-state index contributed by atoms with van der Waals surface area (Å²) < 4.78 is 38.1. The van der Waals surface area contributed by atoms with Crippen LogP contribution in [0.25, 0.3) is 10.9 Å². The molecule has 0 N–H and O–H groups in total. The van der Waals surface area contributed by atoms with Gasteiger partial charge in [-0.15, -0.1) is 0 Å². The van der Waals surface area contributed by atoms with Crippen molar-refractivity contribution in [3.05, 3.63) is 89.1 Å². The summed E-state index contributed by atoms with van der Waals surface area (Å²) in [5, 5.41) is 0.608. The molecule has 0 unspecified atom stereocenters. The van der Waals surface area contributed by atoms with E-state index in [1.54, 1.807) is 48.5 Å². The maximum absolute atomic E-state index is 13.8. The number of nitrogens with zero attached hydrogens (tertiary/aromatic N) is 1. The fraction of sp³-hybridized carbons (Fsp3) is 0.120. The molecule has 0 amide bonds. The summed E-state index contributed by atoms with van der Waals surface area (Å²) in [5.41, 5.74) is 0.687. The molecule has 6 nitrogen and oxygen atoms in total. The van der Waals surface area contributed by atoms with E-state index in [0.29, 0.717) is 34.2 Å². The van der Waals surface area contributed by atoms with Crippen molar-refractivity contribution in [1.82, 2.24) is 4.98 Å². The highest BCUT2D eigenvalue weighted by atomic mass is 35.5. The van der Waals surface area contributed by atoms with Crippen molar-refractivity contribution in [3.8, 4) is 11.5 Å². The number of benzene rings is 3. The predicted molar refractivity (Wildman–Crippen MR) is 126 cm³/mol. The van der Waals surface area contributed by atoms with E-state index in [4.69, 9.17) is 21.1 Å². The van der Waals surface area contributed by atoms with Gasteiger partial charge in [-0.2, -0.15) is 0 Å². The Balaban J connectivity index is 1.93. The first-order chi connectivity index (χ1) is 15.8. The van der Waals surface area contributed by atoms with Crippen LogP contribution in [0.2, 0.25) is 5.02 Å². The van der Waals surface area contributed by atoms with Gasteiger partial charge >= 0.3 is 0 Å². The average Bonchev–Trinajstić information content (AvgIpc) is 2.83. The lowest BCUT2D eigenvalue weighted by atomic mass is 10.0. The van der Waals surface area contributed by atoms with Crippen molar-refractivity contribution >= 4 is 38.1 Å². The van der Waals surface area contributed by atoms with Gasteiger partial charge in [0.1, 0.15) is 11.5 Å². The van der Waals surface area contributed by atoms with E-state index in [-0.39, 0.29) is 20.7 Å². The number of hydrogen-bond acceptors (Lipinski definition) is 6. The van der Waals surface area contributed by atoms with Gasteiger partial charge in [0, 0.05) is 22.2 Å². The van der Waals surface area contributed by atoms with E-state index in [9.17, 15) is 13.2 Å². The molecule has 4 rings (SSSR count). The number of methoxy groups -OCH3 is 1. The molecular weight excluding hydrogens is 462 g/mol. The molecule has 0 atom stereocenters. The molecule has 4 aromatic rings. The Morgan fingerprint density at radius 3 is 2.27 bits per heavy atom. The first-order valence-electron chi connectivity index (χ1n) is 10.1. The van der Waals surface area contributed by atoms with Crippen LogP contribution in [0, 0.1) is 0 Å². The number of carbonyl (C=O) groups excluding carboxylic acids is 1. The maximum Gasteiger partial charge on any atom is 0.208 e. The van der Waals surface area contributed by atoms with Crippen molar-refractivity contribution in [1.29, 1.82) is 0 Å². The molecule has 33 heavy (non-hydrogen) atoms. The Morgan fingerprint density at radius 2 is 1.64 bits per heavy atom. The molecule has 3 aromatic carbocycles. The van der Waals surface area contributed by atoms with Crippen LogP contribution in [0.3, 0.4) is 0 Å². The normalized spacial score (nSPS) is 11.4. The third-order valence-corrected chi connectivity index (χ3v) is 7.20. The number of rotatable bonds is 7. The van der Waals surface area contributed by atoms with Crippen molar-refractivity contribution in [2.24, 2.45) is 0 Å². The molecule has 0 aliphatic carbocycles. The van der Waals surface area contributed by atoms with Crippen LogP contribution < -0.4 is 9.47 Å². The van der Waals surface area contributed by atoms with Gasteiger partial charge in [-0.25, -0.2) is 8.42 Å². The highest BCUT2D eigenvalue weighted by Crippen LogP contribution is 2.34. The minimum atomic E-state index is -4.11. The third kappa shape index (κ3) is 4.42. The van der Waals surface area contributed by atoms with Crippen LogP contribution in [-0.4, -0.2) is 32.9 Å². The lowest BCUT2D eigenvalue weighted by Crippen LogP contribution is -2.13. The summed E-state index contributed by atoms with van der Waals surface area (Å²) in [6.45, 7) is 2.36. The Kier molecular flexibility index (Phi) is 6.35. The SMILES string of the molecule is CCOc1ccc(C(=O)c2cnc3ccc(Cl)cc3c2S(=O)(=O)c2ccc(OC)cc2)cc1. The van der Waals surface area contributed by atoms with Gasteiger partial charge in [0.05, 0.1) is 34.6 Å². The molecule has 0 bridgehead atoms. The molecule has 0 aliphatic heterocycles. The Bertz CT molecular complexity index is 1430. The van der Waals surface area contributed by atoms with Crippen molar-refractivity contribution in [2.45, 2.75) is 16.7 Å².